The number of rotatable bonds is 5. The first-order valence-corrected chi connectivity index (χ1v) is 8.13. The Labute approximate surface area is 153 Å². The van der Waals surface area contributed by atoms with Crippen LogP contribution in [0.2, 0.25) is 0 Å². The van der Waals surface area contributed by atoms with Crippen LogP contribution in [0.5, 0.6) is 0 Å². The van der Waals surface area contributed by atoms with Gasteiger partial charge in [0.05, 0.1) is 22.3 Å². The smallest absolute Gasteiger partial charge is 0.334 e. The third kappa shape index (κ3) is 3.13. The highest BCUT2D eigenvalue weighted by Crippen LogP contribution is 2.36. The lowest BCUT2D eigenvalue weighted by molar-refractivity contribution is -0.383. The van der Waals surface area contributed by atoms with E-state index in [0.29, 0.717) is 17.1 Å². The van der Waals surface area contributed by atoms with E-state index in [2.05, 4.69) is 30.8 Å². The maximum absolute atomic E-state index is 11.7. The van der Waals surface area contributed by atoms with Crippen molar-refractivity contribution in [1.29, 1.82) is 0 Å². The van der Waals surface area contributed by atoms with Crippen LogP contribution in [-0.4, -0.2) is 32.1 Å². The molecule has 134 valence electrons. The molecule has 0 radical (unpaired) electrons. The number of pyridine rings is 2. The summed E-state index contributed by atoms with van der Waals surface area (Å²) >= 11 is 0. The predicted molar refractivity (Wildman–Crippen MR) is 103 cm³/mol. The topological polar surface area (TPSA) is 122 Å². The number of aromatic nitrogens is 4. The van der Waals surface area contributed by atoms with Crippen LogP contribution in [0.1, 0.15) is 0 Å². The van der Waals surface area contributed by atoms with Crippen LogP contribution >= 0.6 is 0 Å². The Morgan fingerprint density at radius 1 is 1.19 bits per heavy atom. The van der Waals surface area contributed by atoms with Gasteiger partial charge in [-0.05, 0) is 36.4 Å². The second kappa shape index (κ2) is 6.71. The lowest BCUT2D eigenvalue weighted by atomic mass is 10.1. The summed E-state index contributed by atoms with van der Waals surface area (Å²) in [5.41, 5.74) is 3.12. The number of nitrogens with one attached hydrogen (secondary N) is 3. The van der Waals surface area contributed by atoms with E-state index in [-0.39, 0.29) is 11.5 Å². The van der Waals surface area contributed by atoms with Gasteiger partial charge in [-0.1, -0.05) is 0 Å². The second-order valence-electron chi connectivity index (χ2n) is 5.80. The zero-order valence-corrected chi connectivity index (χ0v) is 14.3. The molecule has 0 atom stereocenters. The maximum Gasteiger partial charge on any atom is 0.334 e. The van der Waals surface area contributed by atoms with Crippen molar-refractivity contribution < 1.29 is 4.92 Å². The number of H-pyrrole nitrogens is 1. The molecule has 1 aromatic carbocycles. The average Bonchev–Trinajstić information content (AvgIpc) is 3.15. The fraction of sp³-hybridized carbons (Fsp3) is 0.0556. The summed E-state index contributed by atoms with van der Waals surface area (Å²) in [6.45, 7) is 0. The highest BCUT2D eigenvalue weighted by Gasteiger charge is 2.23. The van der Waals surface area contributed by atoms with Gasteiger partial charge in [-0.2, -0.15) is 5.10 Å². The molecule has 0 aliphatic carbocycles. The van der Waals surface area contributed by atoms with Crippen LogP contribution in [-0.2, 0) is 0 Å². The van der Waals surface area contributed by atoms with E-state index < -0.39 is 4.92 Å². The van der Waals surface area contributed by atoms with Gasteiger partial charge in [-0.15, -0.1) is 0 Å². The van der Waals surface area contributed by atoms with Crippen molar-refractivity contribution in [3.05, 3.63) is 65.1 Å². The standard InChI is InChI=1S/C18H15N7O2/c1-19-16-8-15(11-3-2-6-20-9-11)23-18(17(16)25(26)27)22-13-4-5-14-12(7-13)10-21-24-14/h2-10H,1H3,(H,21,24)(H2,19,22,23). The summed E-state index contributed by atoms with van der Waals surface area (Å²) in [4.78, 5) is 19.8. The van der Waals surface area contributed by atoms with Crippen LogP contribution in [0.4, 0.5) is 22.9 Å². The number of benzene rings is 1. The molecule has 27 heavy (non-hydrogen) atoms. The molecule has 3 heterocycles. The number of hydrogen-bond acceptors (Lipinski definition) is 7. The highest BCUT2D eigenvalue weighted by molar-refractivity contribution is 5.85. The van der Waals surface area contributed by atoms with Crippen molar-refractivity contribution in [3.8, 4) is 11.3 Å². The number of hydrogen-bond donors (Lipinski definition) is 3. The summed E-state index contributed by atoms with van der Waals surface area (Å²) in [6.07, 6.45) is 5.01. The highest BCUT2D eigenvalue weighted by atomic mass is 16.6. The largest absolute Gasteiger partial charge is 0.382 e. The number of aromatic amines is 1. The van der Waals surface area contributed by atoms with Crippen molar-refractivity contribution >= 4 is 33.8 Å². The molecule has 0 bridgehead atoms. The molecule has 0 aliphatic rings. The molecule has 3 aromatic heterocycles. The summed E-state index contributed by atoms with van der Waals surface area (Å²) in [6, 6.07) is 10.8. The van der Waals surface area contributed by atoms with E-state index in [1.165, 1.54) is 0 Å². The van der Waals surface area contributed by atoms with Crippen molar-refractivity contribution in [1.82, 2.24) is 20.2 Å². The van der Waals surface area contributed by atoms with Crippen LogP contribution < -0.4 is 10.6 Å². The van der Waals surface area contributed by atoms with Gasteiger partial charge in [0.1, 0.15) is 5.69 Å². The lowest BCUT2D eigenvalue weighted by Crippen LogP contribution is -2.05. The summed E-state index contributed by atoms with van der Waals surface area (Å²) < 4.78 is 0. The Hall–Kier alpha value is -4.01. The van der Waals surface area contributed by atoms with Gasteiger partial charge in [-0.3, -0.25) is 20.2 Å². The lowest BCUT2D eigenvalue weighted by Gasteiger charge is -2.12. The Morgan fingerprint density at radius 3 is 2.81 bits per heavy atom. The van der Waals surface area contributed by atoms with Gasteiger partial charge in [0, 0.05) is 36.1 Å². The van der Waals surface area contributed by atoms with Crippen LogP contribution in [0.15, 0.2) is 55.0 Å². The molecule has 0 amide bonds. The van der Waals surface area contributed by atoms with E-state index in [9.17, 15) is 10.1 Å². The zero-order valence-electron chi connectivity index (χ0n) is 14.3. The minimum atomic E-state index is -0.454. The molecule has 0 fully saturated rings. The van der Waals surface area contributed by atoms with Gasteiger partial charge in [-0.25, -0.2) is 4.98 Å². The monoisotopic (exact) mass is 361 g/mol. The SMILES string of the molecule is CNc1cc(-c2cccnc2)nc(Nc2ccc3[nH]ncc3c2)c1[N+](=O)[O-]. The van der Waals surface area contributed by atoms with Gasteiger partial charge in [0.2, 0.25) is 5.82 Å². The predicted octanol–water partition coefficient (Wildman–Crippen LogP) is 3.71. The van der Waals surface area contributed by atoms with Crippen molar-refractivity contribution in [2.45, 2.75) is 0 Å². The first kappa shape index (κ1) is 16.5. The van der Waals surface area contributed by atoms with E-state index in [4.69, 9.17) is 0 Å². The van der Waals surface area contributed by atoms with E-state index >= 15 is 0 Å². The van der Waals surface area contributed by atoms with Crippen LogP contribution in [0.25, 0.3) is 22.2 Å². The minimum Gasteiger partial charge on any atom is -0.382 e. The molecular formula is C18H15N7O2. The number of fused-ring (bicyclic) bond motifs is 1. The average molecular weight is 361 g/mol. The van der Waals surface area contributed by atoms with E-state index in [1.54, 1.807) is 37.8 Å². The third-order valence-electron chi connectivity index (χ3n) is 4.10. The molecule has 0 saturated carbocycles. The molecule has 0 spiro atoms. The number of nitrogens with zero attached hydrogens (tertiary/aromatic N) is 4. The third-order valence-corrected chi connectivity index (χ3v) is 4.10. The molecule has 0 aliphatic heterocycles. The zero-order chi connectivity index (χ0) is 18.8. The summed E-state index contributed by atoms with van der Waals surface area (Å²) in [7, 11) is 1.64. The normalized spacial score (nSPS) is 10.7. The van der Waals surface area contributed by atoms with Gasteiger partial charge >= 0.3 is 5.69 Å². The first-order chi connectivity index (χ1) is 13.2. The Balaban J connectivity index is 1.84. The summed E-state index contributed by atoms with van der Waals surface area (Å²) in [5, 5.41) is 25.4. The Kier molecular flexibility index (Phi) is 4.09. The van der Waals surface area contributed by atoms with Gasteiger partial charge in [0.15, 0.2) is 0 Å². The van der Waals surface area contributed by atoms with Crippen molar-refractivity contribution in [3.63, 3.8) is 0 Å². The maximum atomic E-state index is 11.7. The van der Waals surface area contributed by atoms with E-state index in [1.807, 2.05) is 24.3 Å². The fourth-order valence-electron chi connectivity index (χ4n) is 2.82. The number of anilines is 3. The molecule has 4 rings (SSSR count). The van der Waals surface area contributed by atoms with Gasteiger partial charge in [0.25, 0.3) is 0 Å². The molecular weight excluding hydrogens is 346 g/mol. The van der Waals surface area contributed by atoms with E-state index in [0.717, 1.165) is 16.5 Å². The molecule has 9 heteroatoms. The summed E-state index contributed by atoms with van der Waals surface area (Å²) in [5.74, 6) is 0.147. The first-order valence-electron chi connectivity index (χ1n) is 8.13. The van der Waals surface area contributed by atoms with Crippen LogP contribution in [0.3, 0.4) is 0 Å². The van der Waals surface area contributed by atoms with Crippen LogP contribution in [0, 0.1) is 10.1 Å². The molecule has 4 aromatic rings. The van der Waals surface area contributed by atoms with Crippen molar-refractivity contribution in [2.75, 3.05) is 17.7 Å². The Bertz CT molecular complexity index is 1130. The minimum absolute atomic E-state index is 0.127. The Morgan fingerprint density at radius 2 is 2.07 bits per heavy atom. The van der Waals surface area contributed by atoms with Gasteiger partial charge < -0.3 is 10.6 Å². The van der Waals surface area contributed by atoms with Crippen molar-refractivity contribution in [2.24, 2.45) is 0 Å². The molecule has 0 unspecified atom stereocenters. The number of nitro groups is 1. The second-order valence-corrected chi connectivity index (χ2v) is 5.80. The quantitative estimate of drug-likeness (QED) is 0.366. The molecule has 3 N–H and O–H groups in total. The molecule has 0 saturated heterocycles. The fourth-order valence-corrected chi connectivity index (χ4v) is 2.82. The molecule has 9 nitrogen and oxygen atoms in total.